The van der Waals surface area contributed by atoms with Gasteiger partial charge in [-0.2, -0.15) is 0 Å². The van der Waals surface area contributed by atoms with Gasteiger partial charge in [-0.1, -0.05) is 31.0 Å². The fourth-order valence-electron chi connectivity index (χ4n) is 2.81. The second-order valence-corrected chi connectivity index (χ2v) is 6.93. The Morgan fingerprint density at radius 1 is 1.13 bits per heavy atom. The van der Waals surface area contributed by atoms with Crippen LogP contribution in [0.25, 0.3) is 0 Å². The van der Waals surface area contributed by atoms with Crippen LogP contribution in [0.15, 0.2) is 42.6 Å². The molecule has 1 aliphatic rings. The van der Waals surface area contributed by atoms with Crippen LogP contribution in [0.1, 0.15) is 49.5 Å². The standard InChI is InChI=1S/C10H19NO2.C7H7NO3.C6H6O/c1-8-6-4-3-5-7-9(11-2)10(12)13-8;1-11-6-2-3-8-5(4-9)7(6)10;7-6-4-2-1-3-5-6/h8-9,11H,3-7H2,1-2H3;2-4,10H,1H3;1-5,7H/t8?,9-;;/m0../s1. The number of methoxy groups -OCH3 is 1. The Morgan fingerprint density at radius 2 is 1.81 bits per heavy atom. The van der Waals surface area contributed by atoms with Crippen molar-refractivity contribution in [3.63, 3.8) is 0 Å². The third kappa shape index (κ3) is 9.95. The minimum Gasteiger partial charge on any atom is -0.508 e. The molecule has 170 valence electrons. The molecule has 1 aliphatic heterocycles. The number of aromatic hydroxyl groups is 2. The molecule has 1 aromatic carbocycles. The van der Waals surface area contributed by atoms with E-state index < -0.39 is 0 Å². The van der Waals surface area contributed by atoms with E-state index in [0.29, 0.717) is 12.0 Å². The smallest absolute Gasteiger partial charge is 0.323 e. The van der Waals surface area contributed by atoms with E-state index in [-0.39, 0.29) is 35.3 Å². The summed E-state index contributed by atoms with van der Waals surface area (Å²) in [5, 5.41) is 20.8. The van der Waals surface area contributed by atoms with E-state index in [1.165, 1.54) is 32.2 Å². The highest BCUT2D eigenvalue weighted by atomic mass is 16.5. The molecule has 3 N–H and O–H groups in total. The second kappa shape index (κ2) is 14.8. The number of likely N-dealkylation sites (N-methyl/N-ethyl adjacent to an activating group) is 1. The molecule has 0 saturated carbocycles. The average molecular weight is 433 g/mol. The van der Waals surface area contributed by atoms with Gasteiger partial charge in [-0.3, -0.25) is 9.59 Å². The maximum absolute atomic E-state index is 11.5. The number of aromatic nitrogens is 1. The lowest BCUT2D eigenvalue weighted by Gasteiger charge is -2.16. The van der Waals surface area contributed by atoms with Crippen molar-refractivity contribution >= 4 is 12.3 Å². The summed E-state index contributed by atoms with van der Waals surface area (Å²) < 4.78 is 10.0. The molecular weight excluding hydrogens is 400 g/mol. The maximum atomic E-state index is 11.5. The van der Waals surface area contributed by atoms with Gasteiger partial charge >= 0.3 is 5.97 Å². The van der Waals surface area contributed by atoms with Crippen LogP contribution in [-0.4, -0.2) is 53.8 Å². The number of benzene rings is 1. The molecule has 3 rings (SSSR count). The largest absolute Gasteiger partial charge is 0.508 e. The number of carbonyl (C=O) groups excluding carboxylic acids is 2. The Morgan fingerprint density at radius 3 is 2.35 bits per heavy atom. The molecule has 2 aromatic rings. The number of hydrogen-bond donors (Lipinski definition) is 3. The van der Waals surface area contributed by atoms with Gasteiger partial charge in [0.1, 0.15) is 17.5 Å². The predicted molar refractivity (Wildman–Crippen MR) is 117 cm³/mol. The number of aldehydes is 1. The number of phenolic OH excluding ortho intramolecular Hbond substituents is 1. The Hall–Kier alpha value is -3.13. The summed E-state index contributed by atoms with van der Waals surface area (Å²) in [7, 11) is 3.22. The number of carbonyl (C=O) groups is 2. The summed E-state index contributed by atoms with van der Waals surface area (Å²) in [5.41, 5.74) is -0.00986. The summed E-state index contributed by atoms with van der Waals surface area (Å²) in [6.45, 7) is 1.97. The SMILES string of the molecule is CN[C@H]1CCCCCC(C)OC1=O.COc1ccnc(C=O)c1O.Oc1ccccc1. The first kappa shape index (κ1) is 25.9. The van der Waals surface area contributed by atoms with Gasteiger partial charge in [-0.05, 0) is 45.4 Å². The molecule has 0 spiro atoms. The zero-order valence-corrected chi connectivity index (χ0v) is 18.3. The molecule has 31 heavy (non-hydrogen) atoms. The molecule has 0 amide bonds. The quantitative estimate of drug-likeness (QED) is 0.498. The number of nitrogens with zero attached hydrogens (tertiary/aromatic N) is 1. The van der Waals surface area contributed by atoms with Crippen molar-refractivity contribution in [3.8, 4) is 17.2 Å². The first-order valence-corrected chi connectivity index (χ1v) is 10.2. The van der Waals surface area contributed by atoms with Crippen LogP contribution in [0.5, 0.6) is 17.2 Å². The minimum atomic E-state index is -0.218. The molecule has 0 radical (unpaired) electrons. The molecule has 1 saturated heterocycles. The maximum Gasteiger partial charge on any atom is 0.323 e. The van der Waals surface area contributed by atoms with E-state index in [9.17, 15) is 14.7 Å². The molecule has 8 heteroatoms. The Bertz CT molecular complexity index is 785. The first-order chi connectivity index (χ1) is 14.9. The molecule has 2 heterocycles. The summed E-state index contributed by atoms with van der Waals surface area (Å²) >= 11 is 0. The zero-order chi connectivity index (χ0) is 23.1. The number of hydrogen-bond acceptors (Lipinski definition) is 8. The number of phenols is 1. The normalized spacial score (nSPS) is 18.4. The van der Waals surface area contributed by atoms with E-state index >= 15 is 0 Å². The molecule has 1 aromatic heterocycles. The van der Waals surface area contributed by atoms with Crippen molar-refractivity contribution in [2.45, 2.75) is 51.2 Å². The molecule has 0 bridgehead atoms. The minimum absolute atomic E-state index is 0.00986. The highest BCUT2D eigenvalue weighted by Gasteiger charge is 2.21. The summed E-state index contributed by atoms with van der Waals surface area (Å²) in [6, 6.07) is 10.1. The lowest BCUT2D eigenvalue weighted by molar-refractivity contribution is -0.150. The van der Waals surface area contributed by atoms with Crippen LogP contribution in [0.4, 0.5) is 0 Å². The number of cyclic esters (lactones) is 1. The number of pyridine rings is 1. The molecular formula is C23H32N2O6. The topological polar surface area (TPSA) is 118 Å². The molecule has 2 atom stereocenters. The number of rotatable bonds is 3. The van der Waals surface area contributed by atoms with Crippen molar-refractivity contribution < 1.29 is 29.3 Å². The van der Waals surface area contributed by atoms with Gasteiger partial charge in [-0.25, -0.2) is 4.98 Å². The third-order valence-corrected chi connectivity index (χ3v) is 4.56. The van der Waals surface area contributed by atoms with Crippen LogP contribution in [0.2, 0.25) is 0 Å². The van der Waals surface area contributed by atoms with Crippen LogP contribution in [-0.2, 0) is 9.53 Å². The Labute approximate surface area is 183 Å². The van der Waals surface area contributed by atoms with Crippen molar-refractivity contribution in [1.82, 2.24) is 10.3 Å². The van der Waals surface area contributed by atoms with Crippen molar-refractivity contribution in [3.05, 3.63) is 48.3 Å². The summed E-state index contributed by atoms with van der Waals surface area (Å²) in [4.78, 5) is 25.3. The highest BCUT2D eigenvalue weighted by molar-refractivity contribution is 5.77. The second-order valence-electron chi connectivity index (χ2n) is 6.93. The monoisotopic (exact) mass is 432 g/mol. The van der Waals surface area contributed by atoms with Gasteiger partial charge in [0.25, 0.3) is 0 Å². The average Bonchev–Trinajstić information content (AvgIpc) is 2.85. The van der Waals surface area contributed by atoms with E-state index in [0.717, 1.165) is 19.3 Å². The number of esters is 1. The number of nitrogens with one attached hydrogen (secondary N) is 1. The van der Waals surface area contributed by atoms with Crippen LogP contribution < -0.4 is 10.1 Å². The third-order valence-electron chi connectivity index (χ3n) is 4.56. The fourth-order valence-corrected chi connectivity index (χ4v) is 2.81. The molecule has 1 fully saturated rings. The highest BCUT2D eigenvalue weighted by Crippen LogP contribution is 2.25. The van der Waals surface area contributed by atoms with Gasteiger partial charge in [-0.15, -0.1) is 0 Å². The van der Waals surface area contributed by atoms with Gasteiger partial charge in [0.15, 0.2) is 17.8 Å². The summed E-state index contributed by atoms with van der Waals surface area (Å²) in [6.07, 6.45) is 7.35. The van der Waals surface area contributed by atoms with E-state index in [4.69, 9.17) is 14.6 Å². The number of para-hydroxylation sites is 1. The molecule has 0 aliphatic carbocycles. The van der Waals surface area contributed by atoms with Crippen LogP contribution in [0, 0.1) is 0 Å². The summed E-state index contributed by atoms with van der Waals surface area (Å²) in [5.74, 6) is 0.270. The van der Waals surface area contributed by atoms with Gasteiger partial charge in [0.05, 0.1) is 13.2 Å². The zero-order valence-electron chi connectivity index (χ0n) is 18.3. The lowest BCUT2D eigenvalue weighted by atomic mass is 10.1. The van der Waals surface area contributed by atoms with Gasteiger partial charge in [0.2, 0.25) is 0 Å². The van der Waals surface area contributed by atoms with Crippen molar-refractivity contribution in [2.75, 3.05) is 14.2 Å². The molecule has 8 nitrogen and oxygen atoms in total. The van der Waals surface area contributed by atoms with Crippen molar-refractivity contribution in [2.24, 2.45) is 0 Å². The Kier molecular flexibility index (Phi) is 12.4. The van der Waals surface area contributed by atoms with Crippen molar-refractivity contribution in [1.29, 1.82) is 0 Å². The van der Waals surface area contributed by atoms with Gasteiger partial charge < -0.3 is 25.0 Å². The predicted octanol–water partition coefficient (Wildman–Crippen LogP) is 3.47. The molecule has 1 unspecified atom stereocenters. The first-order valence-electron chi connectivity index (χ1n) is 10.2. The number of ether oxygens (including phenoxy) is 2. The lowest BCUT2D eigenvalue weighted by Crippen LogP contribution is -2.36. The fraction of sp³-hybridized carbons (Fsp3) is 0.435. The van der Waals surface area contributed by atoms with Crippen LogP contribution in [0.3, 0.4) is 0 Å². The van der Waals surface area contributed by atoms with E-state index in [1.807, 2.05) is 20.0 Å². The van der Waals surface area contributed by atoms with Gasteiger partial charge in [0, 0.05) is 12.3 Å². The van der Waals surface area contributed by atoms with E-state index in [1.54, 1.807) is 24.3 Å². The van der Waals surface area contributed by atoms with E-state index in [2.05, 4.69) is 10.3 Å². The Balaban J connectivity index is 0.000000242. The van der Waals surface area contributed by atoms with Crippen LogP contribution >= 0.6 is 0 Å².